The molecule has 4 nitrogen and oxygen atoms in total. The number of hydrogen-bond acceptors (Lipinski definition) is 3. The first kappa shape index (κ1) is 12.2. The van der Waals surface area contributed by atoms with Gasteiger partial charge in [-0.3, -0.25) is 4.79 Å². The Morgan fingerprint density at radius 3 is 2.72 bits per heavy atom. The van der Waals surface area contributed by atoms with E-state index >= 15 is 0 Å². The minimum Gasteiger partial charge on any atom is -0.378 e. The van der Waals surface area contributed by atoms with Crippen LogP contribution in [0.4, 0.5) is 0 Å². The zero-order valence-electron chi connectivity index (χ0n) is 10.4. The lowest BCUT2D eigenvalue weighted by Gasteiger charge is -2.35. The molecular formula is C14H15N3O. The maximum Gasteiger partial charge on any atom is 0.261 e. The molecular weight excluding hydrogens is 226 g/mol. The van der Waals surface area contributed by atoms with Crippen molar-refractivity contribution < 1.29 is 4.79 Å². The number of primary amides is 1. The van der Waals surface area contributed by atoms with Gasteiger partial charge >= 0.3 is 0 Å². The second-order valence-electron chi connectivity index (χ2n) is 5.07. The Kier molecular flexibility index (Phi) is 2.84. The quantitative estimate of drug-likeness (QED) is 0.575. The van der Waals surface area contributed by atoms with Gasteiger partial charge in [-0.25, -0.2) is 0 Å². The maximum absolute atomic E-state index is 11.4. The van der Waals surface area contributed by atoms with Crippen molar-refractivity contribution in [3.63, 3.8) is 0 Å². The lowest BCUT2D eigenvalue weighted by atomic mass is 9.84. The van der Waals surface area contributed by atoms with Gasteiger partial charge in [0.05, 0.1) is 5.70 Å². The first-order valence-electron chi connectivity index (χ1n) is 5.75. The molecule has 18 heavy (non-hydrogen) atoms. The van der Waals surface area contributed by atoms with Gasteiger partial charge in [0.25, 0.3) is 5.91 Å². The van der Waals surface area contributed by atoms with Gasteiger partial charge in [-0.2, -0.15) is 5.26 Å². The van der Waals surface area contributed by atoms with Gasteiger partial charge < -0.3 is 11.1 Å². The molecule has 4 heteroatoms. The zero-order chi connectivity index (χ0) is 13.3. The number of carbonyl (C=O) groups excluding carboxylic acids is 1. The minimum absolute atomic E-state index is 0.0183. The number of fused-ring (bicyclic) bond motifs is 1. The molecule has 0 saturated heterocycles. The molecule has 1 aromatic carbocycles. The predicted molar refractivity (Wildman–Crippen MR) is 69.1 cm³/mol. The van der Waals surface area contributed by atoms with Crippen LogP contribution in [0, 0.1) is 11.3 Å². The van der Waals surface area contributed by atoms with Crippen molar-refractivity contribution in [1.29, 1.82) is 5.26 Å². The average molecular weight is 241 g/mol. The van der Waals surface area contributed by atoms with Gasteiger partial charge in [0.15, 0.2) is 0 Å². The number of amides is 1. The van der Waals surface area contributed by atoms with Crippen LogP contribution in [-0.2, 0) is 11.2 Å². The van der Waals surface area contributed by atoms with Gasteiger partial charge in [-0.05, 0) is 25.8 Å². The Bertz CT molecular complexity index is 579. The van der Waals surface area contributed by atoms with Crippen LogP contribution < -0.4 is 11.1 Å². The molecule has 0 bridgehead atoms. The number of nitriles is 1. The van der Waals surface area contributed by atoms with Crippen molar-refractivity contribution in [3.05, 3.63) is 41.0 Å². The molecule has 0 fully saturated rings. The van der Waals surface area contributed by atoms with Crippen LogP contribution in [0.1, 0.15) is 25.0 Å². The molecule has 92 valence electrons. The van der Waals surface area contributed by atoms with Crippen LogP contribution in [-0.4, -0.2) is 11.4 Å². The topological polar surface area (TPSA) is 78.9 Å². The van der Waals surface area contributed by atoms with E-state index in [1.54, 1.807) is 0 Å². The Balaban J connectivity index is 2.69. The fourth-order valence-electron chi connectivity index (χ4n) is 2.28. The first-order valence-corrected chi connectivity index (χ1v) is 5.75. The Morgan fingerprint density at radius 2 is 2.11 bits per heavy atom. The van der Waals surface area contributed by atoms with E-state index in [1.807, 2.05) is 44.2 Å². The molecule has 1 aliphatic rings. The number of rotatable bonds is 1. The molecule has 0 saturated carbocycles. The van der Waals surface area contributed by atoms with Crippen molar-refractivity contribution in [2.45, 2.75) is 25.8 Å². The lowest BCUT2D eigenvalue weighted by molar-refractivity contribution is -0.114. The smallest absolute Gasteiger partial charge is 0.261 e. The van der Waals surface area contributed by atoms with E-state index < -0.39 is 5.91 Å². The van der Waals surface area contributed by atoms with Crippen LogP contribution >= 0.6 is 0 Å². The third-order valence-electron chi connectivity index (χ3n) is 2.99. The van der Waals surface area contributed by atoms with E-state index in [0.29, 0.717) is 5.70 Å². The highest BCUT2D eigenvalue weighted by molar-refractivity contribution is 6.04. The Hall–Kier alpha value is -2.28. The van der Waals surface area contributed by atoms with Crippen molar-refractivity contribution in [3.8, 4) is 6.07 Å². The summed E-state index contributed by atoms with van der Waals surface area (Å²) < 4.78 is 0. The van der Waals surface area contributed by atoms with E-state index in [9.17, 15) is 4.79 Å². The number of nitrogens with two attached hydrogens (primary N) is 1. The van der Waals surface area contributed by atoms with Crippen LogP contribution in [0.15, 0.2) is 29.8 Å². The van der Waals surface area contributed by atoms with Gasteiger partial charge in [0.2, 0.25) is 0 Å². The molecule has 0 aromatic heterocycles. The number of carbonyl (C=O) groups is 1. The van der Waals surface area contributed by atoms with Crippen molar-refractivity contribution in [2.75, 3.05) is 0 Å². The summed E-state index contributed by atoms with van der Waals surface area (Å²) in [6.45, 7) is 4.05. The van der Waals surface area contributed by atoms with E-state index in [4.69, 9.17) is 11.0 Å². The molecule has 0 unspecified atom stereocenters. The highest BCUT2D eigenvalue weighted by Gasteiger charge is 2.30. The predicted octanol–water partition coefficient (Wildman–Crippen LogP) is 1.33. The zero-order valence-corrected chi connectivity index (χ0v) is 10.4. The molecule has 1 amide bonds. The van der Waals surface area contributed by atoms with Gasteiger partial charge in [-0.15, -0.1) is 0 Å². The fraction of sp³-hybridized carbons (Fsp3) is 0.286. The SMILES string of the molecule is CC1(C)Cc2ccccc2C(=C(C#N)C(N)=O)N1. The number of hydrogen-bond donors (Lipinski definition) is 2. The standard InChI is InChI=1S/C14H15N3O/c1-14(2)7-9-5-3-4-6-10(9)12(17-14)11(8-15)13(16)18/h3-6,17H,7H2,1-2H3,(H2,16,18). The summed E-state index contributed by atoms with van der Waals surface area (Å²) >= 11 is 0. The molecule has 1 aliphatic heterocycles. The van der Waals surface area contributed by atoms with Gasteiger partial charge in [-0.1, -0.05) is 24.3 Å². The van der Waals surface area contributed by atoms with Crippen molar-refractivity contribution in [1.82, 2.24) is 5.32 Å². The number of nitrogens with zero attached hydrogens (tertiary/aromatic N) is 1. The summed E-state index contributed by atoms with van der Waals surface area (Å²) in [6.07, 6.45) is 0.837. The second-order valence-corrected chi connectivity index (χ2v) is 5.07. The summed E-state index contributed by atoms with van der Waals surface area (Å²) in [5, 5.41) is 12.3. The van der Waals surface area contributed by atoms with Crippen molar-refractivity contribution >= 4 is 11.6 Å². The van der Waals surface area contributed by atoms with Crippen LogP contribution in [0.25, 0.3) is 5.70 Å². The molecule has 0 atom stereocenters. The Labute approximate surface area is 106 Å². The summed E-state index contributed by atoms with van der Waals surface area (Å²) in [5.41, 5.74) is 7.58. The molecule has 0 aliphatic carbocycles. The normalized spacial score (nSPS) is 19.2. The highest BCUT2D eigenvalue weighted by atomic mass is 16.1. The minimum atomic E-state index is -0.701. The molecule has 1 heterocycles. The van der Waals surface area contributed by atoms with Crippen LogP contribution in [0.2, 0.25) is 0 Å². The van der Waals surface area contributed by atoms with E-state index in [1.165, 1.54) is 0 Å². The fourth-order valence-corrected chi connectivity index (χ4v) is 2.28. The van der Waals surface area contributed by atoms with Gasteiger partial charge in [0.1, 0.15) is 11.6 Å². The summed E-state index contributed by atoms with van der Waals surface area (Å²) in [5.74, 6) is -0.701. The molecule has 0 spiro atoms. The molecule has 2 rings (SSSR count). The summed E-state index contributed by atoms with van der Waals surface area (Å²) in [6, 6.07) is 9.63. The second kappa shape index (κ2) is 4.19. The third kappa shape index (κ3) is 2.07. The van der Waals surface area contributed by atoms with Crippen molar-refractivity contribution in [2.24, 2.45) is 5.73 Å². The largest absolute Gasteiger partial charge is 0.378 e. The summed E-state index contributed by atoms with van der Waals surface area (Å²) in [4.78, 5) is 11.4. The van der Waals surface area contributed by atoms with E-state index in [0.717, 1.165) is 17.5 Å². The molecule has 0 radical (unpaired) electrons. The number of nitrogens with one attached hydrogen (secondary N) is 1. The lowest BCUT2D eigenvalue weighted by Crippen LogP contribution is -2.44. The summed E-state index contributed by atoms with van der Waals surface area (Å²) in [7, 11) is 0. The van der Waals surface area contributed by atoms with E-state index in [-0.39, 0.29) is 11.1 Å². The van der Waals surface area contributed by atoms with Crippen LogP contribution in [0.5, 0.6) is 0 Å². The molecule has 3 N–H and O–H groups in total. The molecule has 1 aromatic rings. The third-order valence-corrected chi connectivity index (χ3v) is 2.99. The first-order chi connectivity index (χ1) is 8.44. The monoisotopic (exact) mass is 241 g/mol. The maximum atomic E-state index is 11.4. The number of benzene rings is 1. The van der Waals surface area contributed by atoms with E-state index in [2.05, 4.69) is 5.32 Å². The van der Waals surface area contributed by atoms with Gasteiger partial charge in [0, 0.05) is 11.1 Å². The Morgan fingerprint density at radius 1 is 1.44 bits per heavy atom. The van der Waals surface area contributed by atoms with Crippen LogP contribution in [0.3, 0.4) is 0 Å². The average Bonchev–Trinajstić information content (AvgIpc) is 2.27. The highest BCUT2D eigenvalue weighted by Crippen LogP contribution is 2.30.